The Labute approximate surface area is 99.0 Å². The van der Waals surface area contributed by atoms with Gasteiger partial charge in [0.1, 0.15) is 0 Å². The molecule has 1 heterocycles. The van der Waals surface area contributed by atoms with Gasteiger partial charge in [-0.2, -0.15) is 0 Å². The predicted molar refractivity (Wildman–Crippen MR) is 65.6 cm³/mol. The number of aliphatic hydroxyl groups is 1. The van der Waals surface area contributed by atoms with Crippen LogP contribution in [0.3, 0.4) is 0 Å². The average Bonchev–Trinajstić information content (AvgIpc) is 2.12. The summed E-state index contributed by atoms with van der Waals surface area (Å²) in [4.78, 5) is 2.37. The van der Waals surface area contributed by atoms with E-state index in [0.29, 0.717) is 12.6 Å². The number of hydrogen-bond donors (Lipinski definition) is 2. The van der Waals surface area contributed by atoms with E-state index >= 15 is 0 Å². The van der Waals surface area contributed by atoms with Crippen molar-refractivity contribution in [3.8, 4) is 0 Å². The molecule has 96 valence electrons. The van der Waals surface area contributed by atoms with E-state index in [1.54, 1.807) is 0 Å². The number of rotatable bonds is 8. The summed E-state index contributed by atoms with van der Waals surface area (Å²) in [5.74, 6) is 0. The average molecular weight is 230 g/mol. The van der Waals surface area contributed by atoms with Crippen LogP contribution in [-0.2, 0) is 4.74 Å². The van der Waals surface area contributed by atoms with Crippen LogP contribution in [0.1, 0.15) is 27.2 Å². The van der Waals surface area contributed by atoms with Crippen molar-refractivity contribution in [2.75, 3.05) is 32.8 Å². The standard InChI is InChI=1S/C12H26N2O2/c1-4-5-14(11-6-13-7-11)8-12(15)9-16-10(2)3/h10-13,15H,4-9H2,1-3H3. The molecule has 0 saturated carbocycles. The van der Waals surface area contributed by atoms with E-state index in [1.165, 1.54) is 0 Å². The van der Waals surface area contributed by atoms with Crippen molar-refractivity contribution in [2.45, 2.75) is 45.4 Å². The number of nitrogens with zero attached hydrogens (tertiary/aromatic N) is 1. The molecule has 0 radical (unpaired) electrons. The van der Waals surface area contributed by atoms with Crippen LogP contribution in [0, 0.1) is 0 Å². The number of hydrogen-bond acceptors (Lipinski definition) is 4. The normalized spacial score (nSPS) is 19.1. The minimum absolute atomic E-state index is 0.194. The number of nitrogens with one attached hydrogen (secondary N) is 1. The van der Waals surface area contributed by atoms with Gasteiger partial charge in [0.05, 0.1) is 18.8 Å². The van der Waals surface area contributed by atoms with E-state index < -0.39 is 0 Å². The van der Waals surface area contributed by atoms with Crippen LogP contribution in [0.4, 0.5) is 0 Å². The first-order valence-electron chi connectivity index (χ1n) is 6.38. The van der Waals surface area contributed by atoms with E-state index in [2.05, 4.69) is 17.1 Å². The van der Waals surface area contributed by atoms with Crippen molar-refractivity contribution in [3.05, 3.63) is 0 Å². The number of aliphatic hydroxyl groups excluding tert-OH is 1. The molecular weight excluding hydrogens is 204 g/mol. The van der Waals surface area contributed by atoms with Gasteiger partial charge in [-0.1, -0.05) is 6.92 Å². The van der Waals surface area contributed by atoms with Crippen molar-refractivity contribution in [2.24, 2.45) is 0 Å². The lowest BCUT2D eigenvalue weighted by atomic mass is 10.1. The van der Waals surface area contributed by atoms with Gasteiger partial charge in [0, 0.05) is 25.7 Å². The third kappa shape index (κ3) is 4.78. The van der Waals surface area contributed by atoms with Gasteiger partial charge >= 0.3 is 0 Å². The van der Waals surface area contributed by atoms with E-state index in [9.17, 15) is 5.11 Å². The fourth-order valence-corrected chi connectivity index (χ4v) is 1.87. The molecule has 0 bridgehead atoms. The monoisotopic (exact) mass is 230 g/mol. The molecule has 0 spiro atoms. The van der Waals surface area contributed by atoms with Gasteiger partial charge in [-0.15, -0.1) is 0 Å². The highest BCUT2D eigenvalue weighted by Gasteiger charge is 2.25. The van der Waals surface area contributed by atoms with Gasteiger partial charge in [0.25, 0.3) is 0 Å². The van der Waals surface area contributed by atoms with Crippen molar-refractivity contribution >= 4 is 0 Å². The summed E-state index contributed by atoms with van der Waals surface area (Å²) in [6, 6.07) is 0.605. The van der Waals surface area contributed by atoms with E-state index in [-0.39, 0.29) is 12.2 Å². The Kier molecular flexibility index (Phi) is 6.28. The van der Waals surface area contributed by atoms with E-state index in [0.717, 1.165) is 32.6 Å². The van der Waals surface area contributed by atoms with Crippen molar-refractivity contribution in [1.82, 2.24) is 10.2 Å². The molecule has 1 saturated heterocycles. The highest BCUT2D eigenvalue weighted by atomic mass is 16.5. The molecule has 0 aliphatic carbocycles. The molecule has 2 N–H and O–H groups in total. The van der Waals surface area contributed by atoms with Crippen LogP contribution in [0.15, 0.2) is 0 Å². The van der Waals surface area contributed by atoms with Gasteiger partial charge in [-0.3, -0.25) is 4.90 Å². The zero-order chi connectivity index (χ0) is 12.0. The van der Waals surface area contributed by atoms with Crippen LogP contribution in [0.5, 0.6) is 0 Å². The molecule has 0 aromatic rings. The maximum absolute atomic E-state index is 9.88. The van der Waals surface area contributed by atoms with Crippen molar-refractivity contribution < 1.29 is 9.84 Å². The summed E-state index contributed by atoms with van der Waals surface area (Å²) in [6.45, 7) is 10.5. The van der Waals surface area contributed by atoms with Gasteiger partial charge in [0.2, 0.25) is 0 Å². The molecule has 0 aromatic heterocycles. The Morgan fingerprint density at radius 2 is 2.12 bits per heavy atom. The second-order valence-corrected chi connectivity index (χ2v) is 4.84. The maximum Gasteiger partial charge on any atom is 0.0900 e. The molecule has 0 amide bonds. The SMILES string of the molecule is CCCN(CC(O)COC(C)C)C1CNC1. The third-order valence-corrected chi connectivity index (χ3v) is 2.85. The lowest BCUT2D eigenvalue weighted by Gasteiger charge is -2.39. The maximum atomic E-state index is 9.88. The summed E-state index contributed by atoms with van der Waals surface area (Å²) in [5.41, 5.74) is 0. The quantitative estimate of drug-likeness (QED) is 0.636. The first kappa shape index (κ1) is 13.9. The summed E-state index contributed by atoms with van der Waals surface area (Å²) in [6.07, 6.45) is 0.961. The fourth-order valence-electron chi connectivity index (χ4n) is 1.87. The van der Waals surface area contributed by atoms with Crippen LogP contribution >= 0.6 is 0 Å². The Balaban J connectivity index is 2.23. The second kappa shape index (κ2) is 7.22. The van der Waals surface area contributed by atoms with Crippen molar-refractivity contribution in [3.63, 3.8) is 0 Å². The molecule has 1 fully saturated rings. The zero-order valence-electron chi connectivity index (χ0n) is 10.8. The molecule has 1 aliphatic heterocycles. The van der Waals surface area contributed by atoms with E-state index in [4.69, 9.17) is 4.74 Å². The lowest BCUT2D eigenvalue weighted by Crippen LogP contribution is -2.58. The molecule has 1 aliphatic rings. The van der Waals surface area contributed by atoms with Crippen LogP contribution in [-0.4, -0.2) is 61.0 Å². The molecule has 1 rings (SSSR count). The van der Waals surface area contributed by atoms with Gasteiger partial charge < -0.3 is 15.2 Å². The van der Waals surface area contributed by atoms with Crippen LogP contribution in [0.2, 0.25) is 0 Å². The first-order valence-corrected chi connectivity index (χ1v) is 6.38. The highest BCUT2D eigenvalue weighted by molar-refractivity contribution is 4.85. The molecule has 1 atom stereocenters. The Morgan fingerprint density at radius 3 is 2.56 bits per heavy atom. The minimum Gasteiger partial charge on any atom is -0.389 e. The number of ether oxygens (including phenoxy) is 1. The summed E-state index contributed by atoms with van der Waals surface area (Å²) < 4.78 is 5.42. The van der Waals surface area contributed by atoms with E-state index in [1.807, 2.05) is 13.8 Å². The summed E-state index contributed by atoms with van der Waals surface area (Å²) >= 11 is 0. The molecule has 16 heavy (non-hydrogen) atoms. The lowest BCUT2D eigenvalue weighted by molar-refractivity contribution is -0.0179. The smallest absolute Gasteiger partial charge is 0.0900 e. The molecule has 4 nitrogen and oxygen atoms in total. The zero-order valence-corrected chi connectivity index (χ0v) is 10.8. The topological polar surface area (TPSA) is 44.7 Å². The molecule has 0 aromatic carbocycles. The van der Waals surface area contributed by atoms with Gasteiger partial charge in [-0.05, 0) is 26.8 Å². The Morgan fingerprint density at radius 1 is 1.44 bits per heavy atom. The van der Waals surface area contributed by atoms with Crippen LogP contribution < -0.4 is 5.32 Å². The third-order valence-electron chi connectivity index (χ3n) is 2.85. The minimum atomic E-state index is -0.366. The highest BCUT2D eigenvalue weighted by Crippen LogP contribution is 2.07. The van der Waals surface area contributed by atoms with Gasteiger partial charge in [0.15, 0.2) is 0 Å². The van der Waals surface area contributed by atoms with Gasteiger partial charge in [-0.25, -0.2) is 0 Å². The first-order chi connectivity index (χ1) is 7.63. The Bertz CT molecular complexity index is 184. The molecule has 4 heteroatoms. The fraction of sp³-hybridized carbons (Fsp3) is 1.00. The summed E-state index contributed by atoms with van der Waals surface area (Å²) in [5, 5.41) is 13.1. The molecule has 1 unspecified atom stereocenters. The second-order valence-electron chi connectivity index (χ2n) is 4.84. The molecular formula is C12H26N2O2. The van der Waals surface area contributed by atoms with Crippen molar-refractivity contribution in [1.29, 1.82) is 0 Å². The largest absolute Gasteiger partial charge is 0.389 e. The Hall–Kier alpha value is -0.160. The van der Waals surface area contributed by atoms with Crippen LogP contribution in [0.25, 0.3) is 0 Å². The summed E-state index contributed by atoms with van der Waals surface area (Å²) in [7, 11) is 0. The predicted octanol–water partition coefficient (Wildman–Crippen LogP) is 0.456.